The zero-order valence-corrected chi connectivity index (χ0v) is 16.9. The van der Waals surface area contributed by atoms with Gasteiger partial charge in [0.05, 0.1) is 18.9 Å². The smallest absolute Gasteiger partial charge is 0.264 e. The van der Waals surface area contributed by atoms with E-state index < -0.39 is 18.1 Å². The van der Waals surface area contributed by atoms with Gasteiger partial charge in [-0.2, -0.15) is 4.98 Å². The summed E-state index contributed by atoms with van der Waals surface area (Å²) in [6.07, 6.45) is 0.567. The van der Waals surface area contributed by atoms with E-state index in [1.54, 1.807) is 0 Å². The van der Waals surface area contributed by atoms with Crippen LogP contribution in [0, 0.1) is 17.0 Å². The number of nitrogens with zero attached hydrogens (tertiary/aromatic N) is 5. The van der Waals surface area contributed by atoms with Crippen LogP contribution in [0.15, 0.2) is 36.7 Å². The summed E-state index contributed by atoms with van der Waals surface area (Å²) >= 11 is 0. The van der Waals surface area contributed by atoms with Crippen molar-refractivity contribution in [3.05, 3.63) is 53.9 Å². The van der Waals surface area contributed by atoms with Gasteiger partial charge in [0.1, 0.15) is 29.6 Å². The number of nitrogens with one attached hydrogen (secondary N) is 1. The minimum Gasteiger partial charge on any atom is -0.380 e. The fourth-order valence-corrected chi connectivity index (χ4v) is 4.15. The zero-order chi connectivity index (χ0) is 22.3. The molecule has 0 bridgehead atoms. The van der Waals surface area contributed by atoms with Crippen molar-refractivity contribution in [2.45, 2.75) is 19.3 Å². The van der Waals surface area contributed by atoms with E-state index in [-0.39, 0.29) is 28.4 Å². The largest absolute Gasteiger partial charge is 0.380 e. The maximum atomic E-state index is 13.6. The maximum Gasteiger partial charge on any atom is 0.264 e. The number of pyridine rings is 1. The predicted octanol–water partition coefficient (Wildman–Crippen LogP) is 4.24. The van der Waals surface area contributed by atoms with Crippen LogP contribution in [0.2, 0.25) is 0 Å². The molecule has 0 radical (unpaired) electrons. The Hall–Kier alpha value is -3.21. The standard InChI is InChI=1S/C21H20F4N6O/c22-14-6-15(23)8-16(7-14)31-12-26-20(29-31)28-17-4-13(19(24)25)5-18(27-17)30-3-1-2-21(9-30)10-32-11-21/h4-8,12,19H,1-3,9-11H2,(H,27,28,29). The maximum absolute atomic E-state index is 13.6. The van der Waals surface area contributed by atoms with Gasteiger partial charge in [0.25, 0.3) is 6.43 Å². The number of hydrogen-bond donors (Lipinski definition) is 1. The summed E-state index contributed by atoms with van der Waals surface area (Å²) in [5.41, 5.74) is 0.0301. The molecule has 2 aliphatic heterocycles. The molecule has 0 unspecified atom stereocenters. The number of hydrogen-bond acceptors (Lipinski definition) is 6. The van der Waals surface area contributed by atoms with Crippen LogP contribution in [-0.2, 0) is 4.74 Å². The topological polar surface area (TPSA) is 68.1 Å². The summed E-state index contributed by atoms with van der Waals surface area (Å²) < 4.78 is 60.6. The van der Waals surface area contributed by atoms with Gasteiger partial charge in [0, 0.05) is 30.1 Å². The lowest BCUT2D eigenvalue weighted by molar-refractivity contribution is -0.117. The van der Waals surface area contributed by atoms with E-state index in [4.69, 9.17) is 4.74 Å². The third-order valence-electron chi connectivity index (χ3n) is 5.73. The summed E-state index contributed by atoms with van der Waals surface area (Å²) in [6, 6.07) is 5.59. The molecule has 7 nitrogen and oxygen atoms in total. The van der Waals surface area contributed by atoms with Gasteiger partial charge in [-0.1, -0.05) is 0 Å². The number of ether oxygens (including phenoxy) is 1. The quantitative estimate of drug-likeness (QED) is 0.589. The Bertz CT molecular complexity index is 1110. The van der Waals surface area contributed by atoms with E-state index in [9.17, 15) is 17.6 Å². The molecule has 2 aliphatic rings. The van der Waals surface area contributed by atoms with Gasteiger partial charge in [-0.3, -0.25) is 0 Å². The molecule has 1 N–H and O–H groups in total. The molecule has 1 spiro atoms. The van der Waals surface area contributed by atoms with Gasteiger partial charge in [-0.05, 0) is 37.1 Å². The molecule has 4 heterocycles. The number of halogens is 4. The summed E-state index contributed by atoms with van der Waals surface area (Å²) in [5.74, 6) is -0.843. The SMILES string of the molecule is Fc1cc(F)cc(-n2cnc(Nc3cc(C(F)F)cc(N4CCCC5(COC5)C4)n3)n2)c1. The minimum absolute atomic E-state index is 0.0574. The Labute approximate surface area is 181 Å². The van der Waals surface area contributed by atoms with Gasteiger partial charge in [-0.25, -0.2) is 27.2 Å². The van der Waals surface area contributed by atoms with Gasteiger partial charge in [0.15, 0.2) is 0 Å². The molecule has 0 saturated carbocycles. The average Bonchev–Trinajstić information content (AvgIpc) is 3.20. The van der Waals surface area contributed by atoms with Crippen LogP contribution in [0.3, 0.4) is 0 Å². The van der Waals surface area contributed by atoms with Crippen molar-refractivity contribution in [2.24, 2.45) is 5.41 Å². The Morgan fingerprint density at radius 3 is 2.53 bits per heavy atom. The first-order valence-electron chi connectivity index (χ1n) is 10.2. The molecule has 2 saturated heterocycles. The fourth-order valence-electron chi connectivity index (χ4n) is 4.15. The van der Waals surface area contributed by atoms with Gasteiger partial charge in [-0.15, -0.1) is 5.10 Å². The minimum atomic E-state index is -2.68. The summed E-state index contributed by atoms with van der Waals surface area (Å²) in [6.45, 7) is 2.76. The molecule has 1 aromatic carbocycles. The van der Waals surface area contributed by atoms with Crippen LogP contribution < -0.4 is 10.2 Å². The van der Waals surface area contributed by atoms with E-state index in [2.05, 4.69) is 20.4 Å². The van der Waals surface area contributed by atoms with E-state index in [1.807, 2.05) is 4.90 Å². The highest BCUT2D eigenvalue weighted by Gasteiger charge is 2.42. The third-order valence-corrected chi connectivity index (χ3v) is 5.73. The monoisotopic (exact) mass is 448 g/mol. The number of rotatable bonds is 5. The van der Waals surface area contributed by atoms with Gasteiger partial charge >= 0.3 is 0 Å². The molecular formula is C21H20F4N6O. The van der Waals surface area contributed by atoms with E-state index in [0.29, 0.717) is 25.6 Å². The van der Waals surface area contributed by atoms with E-state index in [0.717, 1.165) is 37.6 Å². The number of aromatic nitrogens is 4. The van der Waals surface area contributed by atoms with Gasteiger partial charge < -0.3 is 15.0 Å². The van der Waals surface area contributed by atoms with E-state index in [1.165, 1.54) is 23.1 Å². The van der Waals surface area contributed by atoms with Crippen LogP contribution in [0.5, 0.6) is 0 Å². The summed E-state index contributed by atoms with van der Waals surface area (Å²) in [4.78, 5) is 10.6. The second-order valence-corrected chi connectivity index (χ2v) is 8.23. The Morgan fingerprint density at radius 1 is 1.06 bits per heavy atom. The summed E-state index contributed by atoms with van der Waals surface area (Å²) in [7, 11) is 0. The summed E-state index contributed by atoms with van der Waals surface area (Å²) in [5, 5.41) is 6.94. The zero-order valence-electron chi connectivity index (χ0n) is 16.9. The van der Waals surface area contributed by atoms with Crippen LogP contribution in [0.1, 0.15) is 24.8 Å². The molecular weight excluding hydrogens is 428 g/mol. The molecule has 0 aliphatic carbocycles. The second kappa shape index (κ2) is 8.05. The third kappa shape index (κ3) is 4.12. The van der Waals surface area contributed by atoms with Crippen molar-refractivity contribution in [1.82, 2.24) is 19.7 Å². The first kappa shape index (κ1) is 20.7. The van der Waals surface area contributed by atoms with Crippen molar-refractivity contribution in [1.29, 1.82) is 0 Å². The first-order chi connectivity index (χ1) is 15.4. The number of anilines is 3. The lowest BCUT2D eigenvalue weighted by atomic mass is 9.78. The van der Waals surface area contributed by atoms with Crippen molar-refractivity contribution in [3.8, 4) is 5.69 Å². The predicted molar refractivity (Wildman–Crippen MR) is 108 cm³/mol. The molecule has 0 atom stereocenters. The van der Waals surface area contributed by atoms with Crippen LogP contribution in [0.25, 0.3) is 5.69 Å². The average molecular weight is 448 g/mol. The van der Waals surface area contributed by atoms with Crippen LogP contribution in [-0.4, -0.2) is 46.1 Å². The van der Waals surface area contributed by atoms with Gasteiger partial charge in [0.2, 0.25) is 5.95 Å². The number of benzene rings is 1. The second-order valence-electron chi connectivity index (χ2n) is 8.23. The highest BCUT2D eigenvalue weighted by molar-refractivity contribution is 5.56. The number of alkyl halides is 2. The highest BCUT2D eigenvalue weighted by atomic mass is 19.3. The molecule has 0 amide bonds. The van der Waals surface area contributed by atoms with Crippen molar-refractivity contribution >= 4 is 17.6 Å². The van der Waals surface area contributed by atoms with Crippen LogP contribution >= 0.6 is 0 Å². The Balaban J connectivity index is 1.40. The molecule has 5 rings (SSSR count). The molecule has 3 aromatic rings. The molecule has 2 fully saturated rings. The highest BCUT2D eigenvalue weighted by Crippen LogP contribution is 2.39. The normalized spacial score (nSPS) is 17.6. The van der Waals surface area contributed by atoms with E-state index >= 15 is 0 Å². The Morgan fingerprint density at radius 2 is 1.84 bits per heavy atom. The Kier molecular flexibility index (Phi) is 5.20. The molecule has 32 heavy (non-hydrogen) atoms. The van der Waals surface area contributed by atoms with Crippen molar-refractivity contribution in [3.63, 3.8) is 0 Å². The number of piperidine rings is 1. The lowest BCUT2D eigenvalue weighted by Crippen LogP contribution is -2.54. The van der Waals surface area contributed by atoms with Crippen LogP contribution in [0.4, 0.5) is 35.1 Å². The van der Waals surface area contributed by atoms with Crippen molar-refractivity contribution < 1.29 is 22.3 Å². The first-order valence-corrected chi connectivity index (χ1v) is 10.2. The lowest BCUT2D eigenvalue weighted by Gasteiger charge is -2.48. The molecule has 11 heteroatoms. The molecule has 2 aromatic heterocycles. The fraction of sp³-hybridized carbons (Fsp3) is 0.381. The molecule has 168 valence electrons. The van der Waals surface area contributed by atoms with Crippen molar-refractivity contribution in [2.75, 3.05) is 36.5 Å².